The quantitative estimate of drug-likeness (QED) is 0.908. The average Bonchev–Trinajstić information content (AvgIpc) is 2.39. The molecule has 1 aromatic carbocycles. The number of hydrogen-bond donors (Lipinski definition) is 1. The number of rotatable bonds is 4. The largest absolute Gasteiger partial charge is 0.489 e. The molecule has 1 fully saturated rings. The van der Waals surface area contributed by atoms with Gasteiger partial charge in [0.25, 0.3) is 0 Å². The van der Waals surface area contributed by atoms with E-state index in [1.165, 1.54) is 12.1 Å². The highest BCUT2D eigenvalue weighted by atomic mass is 19.4. The SMILES string of the molecule is CCC1(CC)C(N)CC1Oc1ccccc1C(F)(F)F. The molecule has 1 aliphatic carbocycles. The van der Waals surface area contributed by atoms with Gasteiger partial charge >= 0.3 is 6.18 Å². The topological polar surface area (TPSA) is 35.2 Å². The minimum Gasteiger partial charge on any atom is -0.489 e. The monoisotopic (exact) mass is 287 g/mol. The van der Waals surface area contributed by atoms with Gasteiger partial charge < -0.3 is 10.5 Å². The van der Waals surface area contributed by atoms with E-state index in [-0.39, 0.29) is 23.3 Å². The van der Waals surface area contributed by atoms with Gasteiger partial charge in [-0.25, -0.2) is 0 Å². The summed E-state index contributed by atoms with van der Waals surface area (Å²) in [6.07, 6.45) is -2.42. The van der Waals surface area contributed by atoms with Gasteiger partial charge in [0, 0.05) is 17.9 Å². The standard InChI is InChI=1S/C15H20F3NO/c1-3-14(4-2)12(19)9-13(14)20-11-8-6-5-7-10(11)15(16,17)18/h5-8,12-13H,3-4,9,19H2,1-2H3. The van der Waals surface area contributed by atoms with Crippen LogP contribution < -0.4 is 10.5 Å². The Morgan fingerprint density at radius 2 is 1.85 bits per heavy atom. The maximum Gasteiger partial charge on any atom is 0.419 e. The second kappa shape index (κ2) is 5.28. The molecule has 5 heteroatoms. The molecule has 1 saturated carbocycles. The Kier molecular flexibility index (Phi) is 4.00. The van der Waals surface area contributed by atoms with Crippen LogP contribution in [0.25, 0.3) is 0 Å². The van der Waals surface area contributed by atoms with Gasteiger partial charge in [0.2, 0.25) is 0 Å². The van der Waals surface area contributed by atoms with Crippen LogP contribution >= 0.6 is 0 Å². The number of nitrogens with two attached hydrogens (primary N) is 1. The van der Waals surface area contributed by atoms with E-state index in [1.807, 2.05) is 13.8 Å². The number of para-hydroxylation sites is 1. The van der Waals surface area contributed by atoms with Crippen molar-refractivity contribution in [3.8, 4) is 5.75 Å². The summed E-state index contributed by atoms with van der Waals surface area (Å²) < 4.78 is 44.5. The molecule has 2 atom stereocenters. The molecule has 0 aromatic heterocycles. The van der Waals surface area contributed by atoms with Crippen LogP contribution in [0.2, 0.25) is 0 Å². The lowest BCUT2D eigenvalue weighted by molar-refractivity contribution is -0.142. The number of benzene rings is 1. The molecule has 0 saturated heterocycles. The van der Waals surface area contributed by atoms with E-state index in [1.54, 1.807) is 6.07 Å². The van der Waals surface area contributed by atoms with E-state index in [0.29, 0.717) is 6.42 Å². The van der Waals surface area contributed by atoms with Crippen molar-refractivity contribution in [2.75, 3.05) is 0 Å². The molecule has 1 aliphatic rings. The summed E-state index contributed by atoms with van der Waals surface area (Å²) in [4.78, 5) is 0. The van der Waals surface area contributed by atoms with Crippen molar-refractivity contribution in [3.05, 3.63) is 29.8 Å². The second-order valence-corrected chi connectivity index (χ2v) is 5.38. The summed E-state index contributed by atoms with van der Waals surface area (Å²) in [5.74, 6) is -0.0943. The maximum absolute atomic E-state index is 12.9. The smallest absolute Gasteiger partial charge is 0.419 e. The highest BCUT2D eigenvalue weighted by Gasteiger charge is 2.53. The number of halogens is 3. The van der Waals surface area contributed by atoms with Gasteiger partial charge in [-0.05, 0) is 25.0 Å². The minimum absolute atomic E-state index is 0.000508. The number of hydrogen-bond acceptors (Lipinski definition) is 2. The molecule has 0 bridgehead atoms. The zero-order valence-corrected chi connectivity index (χ0v) is 11.7. The lowest BCUT2D eigenvalue weighted by atomic mass is 9.59. The summed E-state index contributed by atoms with van der Waals surface area (Å²) in [6.45, 7) is 4.02. The molecule has 112 valence electrons. The van der Waals surface area contributed by atoms with Crippen molar-refractivity contribution in [3.63, 3.8) is 0 Å². The van der Waals surface area contributed by atoms with Crippen LogP contribution in [0.1, 0.15) is 38.7 Å². The molecule has 2 N–H and O–H groups in total. The molecule has 1 aromatic rings. The van der Waals surface area contributed by atoms with Gasteiger partial charge in [0.1, 0.15) is 11.9 Å². The Hall–Kier alpha value is -1.23. The van der Waals surface area contributed by atoms with Gasteiger partial charge in [-0.15, -0.1) is 0 Å². The Bertz CT molecular complexity index is 468. The van der Waals surface area contributed by atoms with E-state index in [9.17, 15) is 13.2 Å². The third-order valence-corrected chi connectivity index (χ3v) is 4.63. The van der Waals surface area contributed by atoms with Crippen molar-refractivity contribution in [2.24, 2.45) is 11.1 Å². The lowest BCUT2D eigenvalue weighted by Gasteiger charge is -2.53. The van der Waals surface area contributed by atoms with E-state index >= 15 is 0 Å². The van der Waals surface area contributed by atoms with Gasteiger partial charge in [-0.3, -0.25) is 0 Å². The average molecular weight is 287 g/mol. The fraction of sp³-hybridized carbons (Fsp3) is 0.600. The Morgan fingerprint density at radius 3 is 2.35 bits per heavy atom. The first-order valence-electron chi connectivity index (χ1n) is 6.93. The van der Waals surface area contributed by atoms with Crippen LogP contribution in [0.4, 0.5) is 13.2 Å². The van der Waals surface area contributed by atoms with Gasteiger partial charge in [0.15, 0.2) is 0 Å². The van der Waals surface area contributed by atoms with Crippen molar-refractivity contribution >= 4 is 0 Å². The second-order valence-electron chi connectivity index (χ2n) is 5.38. The molecule has 0 amide bonds. The van der Waals surface area contributed by atoms with Crippen LogP contribution in [0, 0.1) is 5.41 Å². The maximum atomic E-state index is 12.9. The van der Waals surface area contributed by atoms with Gasteiger partial charge in [0.05, 0.1) is 5.56 Å². The zero-order chi connectivity index (χ0) is 15.0. The fourth-order valence-corrected chi connectivity index (χ4v) is 3.13. The summed E-state index contributed by atoms with van der Waals surface area (Å²) in [6, 6.07) is 5.36. The van der Waals surface area contributed by atoms with Crippen LogP contribution in [0.3, 0.4) is 0 Å². The van der Waals surface area contributed by atoms with Crippen molar-refractivity contribution in [2.45, 2.75) is 51.4 Å². The van der Waals surface area contributed by atoms with Crippen molar-refractivity contribution in [1.82, 2.24) is 0 Å². The summed E-state index contributed by atoms with van der Waals surface area (Å²) in [5, 5.41) is 0. The molecule has 0 radical (unpaired) electrons. The van der Waals surface area contributed by atoms with E-state index < -0.39 is 11.7 Å². The van der Waals surface area contributed by atoms with Crippen molar-refractivity contribution < 1.29 is 17.9 Å². The molecule has 0 spiro atoms. The molecule has 20 heavy (non-hydrogen) atoms. The van der Waals surface area contributed by atoms with Crippen molar-refractivity contribution in [1.29, 1.82) is 0 Å². The Morgan fingerprint density at radius 1 is 1.25 bits per heavy atom. The summed E-state index contributed by atoms with van der Waals surface area (Å²) in [7, 11) is 0. The number of alkyl halides is 3. The third-order valence-electron chi connectivity index (χ3n) is 4.63. The normalized spacial score (nSPS) is 25.1. The Balaban J connectivity index is 2.24. The van der Waals surface area contributed by atoms with E-state index in [4.69, 9.17) is 10.5 Å². The van der Waals surface area contributed by atoms with E-state index in [2.05, 4.69) is 0 Å². The van der Waals surface area contributed by atoms with Crippen LogP contribution in [-0.4, -0.2) is 12.1 Å². The molecule has 0 aliphatic heterocycles. The molecule has 0 heterocycles. The molecular formula is C15H20F3NO. The van der Waals surface area contributed by atoms with Gasteiger partial charge in [-0.2, -0.15) is 13.2 Å². The first-order chi connectivity index (χ1) is 9.35. The predicted molar refractivity (Wildman–Crippen MR) is 71.5 cm³/mol. The third kappa shape index (κ3) is 2.39. The van der Waals surface area contributed by atoms with E-state index in [0.717, 1.165) is 18.9 Å². The summed E-state index contributed by atoms with van der Waals surface area (Å²) in [5.41, 5.74) is 5.11. The van der Waals surface area contributed by atoms with Gasteiger partial charge in [-0.1, -0.05) is 26.0 Å². The lowest BCUT2D eigenvalue weighted by Crippen LogP contribution is -2.63. The predicted octanol–water partition coefficient (Wildman–Crippen LogP) is 3.99. The summed E-state index contributed by atoms with van der Waals surface area (Å²) >= 11 is 0. The Labute approximate surface area is 117 Å². The first kappa shape index (κ1) is 15.2. The molecular weight excluding hydrogens is 267 g/mol. The first-order valence-corrected chi connectivity index (χ1v) is 6.93. The number of ether oxygens (including phenoxy) is 1. The highest BCUT2D eigenvalue weighted by molar-refractivity contribution is 5.36. The molecule has 2 unspecified atom stereocenters. The molecule has 2 rings (SSSR count). The van der Waals surface area contributed by atoms with Crippen LogP contribution in [-0.2, 0) is 6.18 Å². The highest BCUT2D eigenvalue weighted by Crippen LogP contribution is 2.49. The van der Waals surface area contributed by atoms with Crippen LogP contribution in [0.15, 0.2) is 24.3 Å². The zero-order valence-electron chi connectivity index (χ0n) is 11.7. The molecule has 2 nitrogen and oxygen atoms in total. The van der Waals surface area contributed by atoms with Crippen LogP contribution in [0.5, 0.6) is 5.75 Å². The fourth-order valence-electron chi connectivity index (χ4n) is 3.13. The minimum atomic E-state index is -4.40.